The van der Waals surface area contributed by atoms with E-state index < -0.39 is 37.7 Å². The summed E-state index contributed by atoms with van der Waals surface area (Å²) in [5, 5.41) is -2.05. The summed E-state index contributed by atoms with van der Waals surface area (Å²) in [6, 6.07) is 8.26. The summed E-state index contributed by atoms with van der Waals surface area (Å²) in [5.41, 5.74) is 0.539. The monoisotopic (exact) mass is 409 g/mol. The van der Waals surface area contributed by atoms with Gasteiger partial charge in [0.15, 0.2) is 0 Å². The number of alkyl halides is 3. The van der Waals surface area contributed by atoms with Gasteiger partial charge >= 0.3 is 19.9 Å². The van der Waals surface area contributed by atoms with Gasteiger partial charge in [-0.3, -0.25) is 9.88 Å². The Labute approximate surface area is 155 Å². The van der Waals surface area contributed by atoms with Crippen LogP contribution in [0.5, 0.6) is 0 Å². The van der Waals surface area contributed by atoms with Crippen molar-refractivity contribution >= 4 is 13.7 Å². The topological polar surface area (TPSA) is 84.9 Å². The lowest BCUT2D eigenvalue weighted by Gasteiger charge is -2.38. The Morgan fingerprint density at radius 1 is 1.37 bits per heavy atom. The van der Waals surface area contributed by atoms with E-state index >= 15 is 0 Å². The lowest BCUT2D eigenvalue weighted by Crippen LogP contribution is -2.58. The van der Waals surface area contributed by atoms with Gasteiger partial charge in [0.1, 0.15) is 6.61 Å². The van der Waals surface area contributed by atoms with Gasteiger partial charge in [-0.15, -0.1) is 6.58 Å². The fraction of sp³-hybridized carbons (Fsp3) is 0.471. The molecule has 1 aromatic carbocycles. The molecule has 0 aromatic heterocycles. The molecule has 0 spiro atoms. The van der Waals surface area contributed by atoms with Gasteiger partial charge in [-0.2, -0.15) is 13.2 Å². The van der Waals surface area contributed by atoms with Crippen LogP contribution in [0.25, 0.3) is 0 Å². The number of carbonyl (C=O) groups is 1. The minimum absolute atomic E-state index is 0.199. The first-order valence-corrected chi connectivity index (χ1v) is 9.74. The molecule has 0 aliphatic carbocycles. The molecule has 1 aromatic rings. The number of alkyl carbamates (subject to hydrolysis) is 1. The predicted octanol–water partition coefficient (Wildman–Crippen LogP) is 4.75. The molecule has 0 radical (unpaired) electrons. The van der Waals surface area contributed by atoms with Crippen LogP contribution in [0.1, 0.15) is 32.3 Å². The van der Waals surface area contributed by atoms with E-state index in [0.717, 1.165) is 6.08 Å². The van der Waals surface area contributed by atoms with Crippen molar-refractivity contribution in [2.45, 2.75) is 50.9 Å². The van der Waals surface area contributed by atoms with Crippen LogP contribution >= 0.6 is 7.60 Å². The Morgan fingerprint density at radius 2 is 1.96 bits per heavy atom. The molecule has 1 rings (SSSR count). The Bertz CT molecular complexity index is 683. The summed E-state index contributed by atoms with van der Waals surface area (Å²) >= 11 is 0. The number of hydrogen-bond donors (Lipinski definition) is 2. The van der Waals surface area contributed by atoms with E-state index in [0.29, 0.717) is 5.56 Å². The fourth-order valence-corrected chi connectivity index (χ4v) is 3.86. The van der Waals surface area contributed by atoms with Crippen LogP contribution < -0.4 is 5.32 Å². The first-order valence-electron chi connectivity index (χ1n) is 8.17. The number of ether oxygens (including phenoxy) is 1. The molecular weight excluding hydrogens is 386 g/mol. The first-order chi connectivity index (χ1) is 12.5. The maximum Gasteiger partial charge on any atom is 0.423 e. The van der Waals surface area contributed by atoms with Crippen LogP contribution in [0.3, 0.4) is 0 Å². The van der Waals surface area contributed by atoms with Gasteiger partial charge in [0.2, 0.25) is 5.28 Å². The van der Waals surface area contributed by atoms with Gasteiger partial charge in [-0.05, 0) is 18.9 Å². The number of nitrogens with one attached hydrogen (secondary N) is 1. The number of hydrogen-bond acceptors (Lipinski definition) is 4. The number of halogens is 3. The molecule has 0 bridgehead atoms. The van der Waals surface area contributed by atoms with Crippen molar-refractivity contribution in [2.24, 2.45) is 0 Å². The fourth-order valence-electron chi connectivity index (χ4n) is 2.13. The summed E-state index contributed by atoms with van der Waals surface area (Å²) in [5.74, 6) is 0. The molecule has 2 N–H and O–H groups in total. The first kappa shape index (κ1) is 23.2. The molecule has 6 nitrogen and oxygen atoms in total. The predicted molar refractivity (Wildman–Crippen MR) is 94.0 cm³/mol. The normalized spacial score (nSPS) is 17.3. The summed E-state index contributed by atoms with van der Waals surface area (Å²) in [4.78, 5) is 22.1. The van der Waals surface area contributed by atoms with Gasteiger partial charge in [0.25, 0.3) is 0 Å². The maximum absolute atomic E-state index is 13.8. The summed E-state index contributed by atoms with van der Waals surface area (Å²) < 4.78 is 63.5. The molecule has 152 valence electrons. The Morgan fingerprint density at radius 3 is 2.44 bits per heavy atom. The molecule has 0 fully saturated rings. The second-order valence-corrected chi connectivity index (χ2v) is 7.90. The minimum atomic E-state index is -5.40. The van der Waals surface area contributed by atoms with E-state index in [4.69, 9.17) is 9.26 Å². The van der Waals surface area contributed by atoms with E-state index in [1.807, 2.05) is 0 Å². The molecule has 3 atom stereocenters. The average molecular weight is 409 g/mol. The number of amides is 1. The molecule has 3 unspecified atom stereocenters. The zero-order valence-corrected chi connectivity index (χ0v) is 15.9. The zero-order chi connectivity index (χ0) is 20.7. The van der Waals surface area contributed by atoms with Crippen LogP contribution in [0.15, 0.2) is 43.0 Å². The molecule has 0 saturated carbocycles. The van der Waals surface area contributed by atoms with Crippen molar-refractivity contribution in [2.75, 3.05) is 0 Å². The molecule has 0 heterocycles. The highest BCUT2D eigenvalue weighted by Gasteiger charge is 2.68. The van der Waals surface area contributed by atoms with Crippen LogP contribution in [-0.2, 0) is 20.4 Å². The zero-order valence-electron chi connectivity index (χ0n) is 15.0. The smallest absolute Gasteiger partial charge is 0.423 e. The Balaban J connectivity index is 3.11. The van der Waals surface area contributed by atoms with Crippen molar-refractivity contribution in [3.8, 4) is 0 Å². The van der Waals surface area contributed by atoms with Gasteiger partial charge < -0.3 is 14.2 Å². The van der Waals surface area contributed by atoms with Gasteiger partial charge in [0.05, 0.1) is 6.10 Å². The molecule has 1 amide bonds. The van der Waals surface area contributed by atoms with E-state index in [1.165, 1.54) is 12.2 Å². The molecular formula is C17H23F3NO5P. The summed E-state index contributed by atoms with van der Waals surface area (Å²) in [7, 11) is -5.40. The van der Waals surface area contributed by atoms with Gasteiger partial charge in [0, 0.05) is 6.42 Å². The minimum Gasteiger partial charge on any atom is -0.445 e. The van der Waals surface area contributed by atoms with E-state index in [1.54, 1.807) is 37.3 Å². The number of benzene rings is 1. The maximum atomic E-state index is 13.8. The molecule has 0 saturated heterocycles. The highest BCUT2D eigenvalue weighted by Crippen LogP contribution is 2.63. The van der Waals surface area contributed by atoms with E-state index in [-0.39, 0.29) is 13.0 Å². The van der Waals surface area contributed by atoms with E-state index in [9.17, 15) is 27.4 Å². The van der Waals surface area contributed by atoms with Crippen molar-refractivity contribution in [1.82, 2.24) is 5.32 Å². The molecule has 0 aliphatic rings. The summed E-state index contributed by atoms with van der Waals surface area (Å²) in [6.07, 6.45) is -7.82. The van der Waals surface area contributed by atoms with Crippen molar-refractivity contribution in [3.63, 3.8) is 0 Å². The molecule has 0 aliphatic heterocycles. The lowest BCUT2D eigenvalue weighted by atomic mass is 10.2. The van der Waals surface area contributed by atoms with Crippen LogP contribution in [0, 0.1) is 0 Å². The van der Waals surface area contributed by atoms with Crippen LogP contribution in [0.2, 0.25) is 0 Å². The third kappa shape index (κ3) is 5.82. The Hall–Kier alpha value is -1.83. The number of carbonyl (C=O) groups excluding carboxylic acids is 1. The van der Waals surface area contributed by atoms with Crippen LogP contribution in [0.4, 0.5) is 18.0 Å². The quantitative estimate of drug-likeness (QED) is 0.454. The van der Waals surface area contributed by atoms with Crippen LogP contribution in [-0.4, -0.2) is 28.5 Å². The van der Waals surface area contributed by atoms with Crippen molar-refractivity contribution < 1.29 is 36.7 Å². The molecule has 10 heteroatoms. The second kappa shape index (κ2) is 9.39. The largest absolute Gasteiger partial charge is 0.445 e. The third-order valence-corrected chi connectivity index (χ3v) is 5.97. The Kier molecular flexibility index (Phi) is 8.07. The lowest BCUT2D eigenvalue weighted by molar-refractivity contribution is -0.173. The molecule has 27 heavy (non-hydrogen) atoms. The van der Waals surface area contributed by atoms with Crippen molar-refractivity contribution in [1.29, 1.82) is 0 Å². The van der Waals surface area contributed by atoms with E-state index in [2.05, 4.69) is 6.58 Å². The average Bonchev–Trinajstić information content (AvgIpc) is 2.58. The highest BCUT2D eigenvalue weighted by atomic mass is 31.2. The van der Waals surface area contributed by atoms with Gasteiger partial charge in [-0.25, -0.2) is 4.79 Å². The number of rotatable bonds is 9. The summed E-state index contributed by atoms with van der Waals surface area (Å²) in [6.45, 7) is 5.82. The third-order valence-electron chi connectivity index (χ3n) is 3.81. The standard InChI is InChI=1S/C17H23F3NO5P/c1-4-11-16(17(18,19)20,27(23,24)26-13(3)5-2)21-15(22)25-12-14-9-7-6-8-10-14/h4,6-10,13H,1,5,11-12H2,2-3H3,(H,21,22)(H,23,24). The SMILES string of the molecule is C=CCC(NC(=O)OCc1ccccc1)(C(F)(F)F)P(=O)(O)OC(C)CC. The highest BCUT2D eigenvalue weighted by molar-refractivity contribution is 7.54. The second-order valence-electron chi connectivity index (χ2n) is 5.88. The van der Waals surface area contributed by atoms with Gasteiger partial charge in [-0.1, -0.05) is 43.3 Å². The van der Waals surface area contributed by atoms with Crippen molar-refractivity contribution in [3.05, 3.63) is 48.6 Å².